The Morgan fingerprint density at radius 2 is 1.61 bits per heavy atom. The zero-order valence-electron chi connectivity index (χ0n) is 11.0. The Labute approximate surface area is 109 Å². The molecule has 1 fully saturated rings. The molecule has 1 aliphatic rings. The zero-order valence-corrected chi connectivity index (χ0v) is 11.8. The molecule has 2 unspecified atom stereocenters. The van der Waals surface area contributed by atoms with Crippen molar-refractivity contribution in [2.24, 2.45) is 11.8 Å². The molecule has 0 radical (unpaired) electrons. The van der Waals surface area contributed by atoms with Crippen LogP contribution in [-0.4, -0.2) is 13.7 Å². The van der Waals surface area contributed by atoms with E-state index in [-0.39, 0.29) is 5.25 Å². The van der Waals surface area contributed by atoms with Gasteiger partial charge in [0.05, 0.1) is 15.8 Å². The highest BCUT2D eigenvalue weighted by Gasteiger charge is 2.35. The van der Waals surface area contributed by atoms with Gasteiger partial charge in [0, 0.05) is 0 Å². The number of rotatable bonds is 2. The van der Waals surface area contributed by atoms with Crippen molar-refractivity contribution in [3.63, 3.8) is 0 Å². The molecule has 1 aromatic carbocycles. The largest absolute Gasteiger partial charge is 0.398 e. The van der Waals surface area contributed by atoms with E-state index in [2.05, 4.69) is 13.8 Å². The average Bonchev–Trinajstić information content (AvgIpc) is 2.28. The second kappa shape index (κ2) is 4.92. The number of hydrogen-bond acceptors (Lipinski definition) is 3. The van der Waals surface area contributed by atoms with Gasteiger partial charge >= 0.3 is 0 Å². The van der Waals surface area contributed by atoms with E-state index in [0.717, 1.165) is 19.3 Å². The number of sulfone groups is 1. The minimum atomic E-state index is -3.28. The molecule has 4 heteroatoms. The molecular formula is C14H21NO2S. The molecule has 100 valence electrons. The molecule has 2 N–H and O–H groups in total. The van der Waals surface area contributed by atoms with E-state index in [1.807, 2.05) is 0 Å². The van der Waals surface area contributed by atoms with Crippen LogP contribution >= 0.6 is 0 Å². The molecule has 0 heterocycles. The van der Waals surface area contributed by atoms with Gasteiger partial charge in [-0.05, 0) is 43.2 Å². The summed E-state index contributed by atoms with van der Waals surface area (Å²) in [7, 11) is -3.28. The molecule has 0 aromatic heterocycles. The first kappa shape index (κ1) is 13.4. The summed E-state index contributed by atoms with van der Waals surface area (Å²) in [6.07, 6.45) is 2.62. The van der Waals surface area contributed by atoms with Crippen molar-refractivity contribution >= 4 is 15.5 Å². The molecular weight excluding hydrogens is 246 g/mol. The van der Waals surface area contributed by atoms with Gasteiger partial charge in [0.1, 0.15) is 0 Å². The van der Waals surface area contributed by atoms with E-state index < -0.39 is 9.84 Å². The maximum atomic E-state index is 12.6. The minimum absolute atomic E-state index is 0.277. The number of anilines is 1. The second-order valence-electron chi connectivity index (χ2n) is 5.62. The van der Waals surface area contributed by atoms with Gasteiger partial charge in [0.15, 0.2) is 9.84 Å². The van der Waals surface area contributed by atoms with Gasteiger partial charge < -0.3 is 5.73 Å². The summed E-state index contributed by atoms with van der Waals surface area (Å²) in [5.74, 6) is 0.942. The van der Waals surface area contributed by atoms with E-state index in [4.69, 9.17) is 5.73 Å². The fraction of sp³-hybridized carbons (Fsp3) is 0.571. The first-order chi connectivity index (χ1) is 8.41. The van der Waals surface area contributed by atoms with Crippen LogP contribution in [0.4, 0.5) is 5.69 Å². The quantitative estimate of drug-likeness (QED) is 0.838. The Morgan fingerprint density at radius 1 is 1.06 bits per heavy atom. The van der Waals surface area contributed by atoms with Crippen molar-refractivity contribution < 1.29 is 8.42 Å². The van der Waals surface area contributed by atoms with Gasteiger partial charge in [-0.15, -0.1) is 0 Å². The lowest BCUT2D eigenvalue weighted by molar-refractivity contribution is 0.301. The molecule has 0 amide bonds. The number of hydrogen-bond donors (Lipinski definition) is 1. The van der Waals surface area contributed by atoms with E-state index in [1.165, 1.54) is 0 Å². The van der Waals surface area contributed by atoms with Gasteiger partial charge in [-0.25, -0.2) is 8.42 Å². The van der Waals surface area contributed by atoms with Crippen LogP contribution in [0, 0.1) is 11.8 Å². The van der Waals surface area contributed by atoms with Crippen LogP contribution in [0.5, 0.6) is 0 Å². The highest BCUT2D eigenvalue weighted by molar-refractivity contribution is 7.92. The molecule has 0 saturated heterocycles. The Hall–Kier alpha value is -1.03. The lowest BCUT2D eigenvalue weighted by Gasteiger charge is -2.31. The molecule has 0 bridgehead atoms. The third-order valence-corrected chi connectivity index (χ3v) is 6.05. The van der Waals surface area contributed by atoms with Gasteiger partial charge in [-0.3, -0.25) is 0 Å². The third kappa shape index (κ3) is 2.53. The van der Waals surface area contributed by atoms with Crippen LogP contribution in [0.2, 0.25) is 0 Å². The molecule has 1 saturated carbocycles. The highest BCUT2D eigenvalue weighted by Crippen LogP contribution is 2.36. The van der Waals surface area contributed by atoms with Gasteiger partial charge in [0.2, 0.25) is 0 Å². The van der Waals surface area contributed by atoms with E-state index in [1.54, 1.807) is 24.3 Å². The fourth-order valence-electron chi connectivity index (χ4n) is 3.05. The number of nitrogen functional groups attached to an aromatic ring is 1. The molecule has 1 aliphatic carbocycles. The molecule has 1 aromatic rings. The predicted octanol–water partition coefficient (Wildman–Crippen LogP) is 2.87. The Bertz CT molecular complexity index is 514. The molecule has 2 rings (SSSR count). The van der Waals surface area contributed by atoms with Crippen molar-refractivity contribution in [2.45, 2.75) is 43.3 Å². The maximum absolute atomic E-state index is 12.6. The van der Waals surface area contributed by atoms with Crippen LogP contribution in [0.25, 0.3) is 0 Å². The topological polar surface area (TPSA) is 60.2 Å². The van der Waals surface area contributed by atoms with Crippen molar-refractivity contribution in [3.05, 3.63) is 24.3 Å². The maximum Gasteiger partial charge on any atom is 0.183 e. The second-order valence-corrected chi connectivity index (χ2v) is 7.82. The minimum Gasteiger partial charge on any atom is -0.398 e. The molecule has 3 nitrogen and oxygen atoms in total. The molecule has 0 spiro atoms. The standard InChI is InChI=1S/C14H21NO2S/c1-10-7-11(2)9-12(8-10)18(16,17)14-6-4-3-5-13(14)15/h3-6,10-12H,7-9,15H2,1-2H3. The third-order valence-electron chi connectivity index (χ3n) is 3.80. The van der Waals surface area contributed by atoms with Crippen LogP contribution in [0.15, 0.2) is 29.2 Å². The van der Waals surface area contributed by atoms with Gasteiger partial charge in [0.25, 0.3) is 0 Å². The summed E-state index contributed by atoms with van der Waals surface area (Å²) in [5.41, 5.74) is 6.17. The summed E-state index contributed by atoms with van der Waals surface area (Å²) >= 11 is 0. The first-order valence-corrected chi connectivity index (χ1v) is 8.04. The summed E-state index contributed by atoms with van der Waals surface area (Å²) in [5, 5.41) is -0.277. The molecule has 18 heavy (non-hydrogen) atoms. The van der Waals surface area contributed by atoms with Crippen LogP contribution < -0.4 is 5.73 Å². The van der Waals surface area contributed by atoms with E-state index in [0.29, 0.717) is 22.4 Å². The van der Waals surface area contributed by atoms with E-state index >= 15 is 0 Å². The first-order valence-electron chi connectivity index (χ1n) is 6.49. The Balaban J connectivity index is 2.34. The number of para-hydroxylation sites is 1. The Kier molecular flexibility index (Phi) is 3.66. The van der Waals surface area contributed by atoms with Crippen LogP contribution in [0.3, 0.4) is 0 Å². The normalized spacial score (nSPS) is 29.1. The SMILES string of the molecule is CC1CC(C)CC(S(=O)(=O)c2ccccc2N)C1. The molecule has 0 aliphatic heterocycles. The Morgan fingerprint density at radius 3 is 2.17 bits per heavy atom. The molecule has 2 atom stereocenters. The van der Waals surface area contributed by atoms with Crippen LogP contribution in [-0.2, 0) is 9.84 Å². The highest BCUT2D eigenvalue weighted by atomic mass is 32.2. The van der Waals surface area contributed by atoms with Crippen molar-refractivity contribution in [2.75, 3.05) is 5.73 Å². The van der Waals surface area contributed by atoms with Gasteiger partial charge in [-0.2, -0.15) is 0 Å². The average molecular weight is 267 g/mol. The van der Waals surface area contributed by atoms with Crippen molar-refractivity contribution in [1.82, 2.24) is 0 Å². The predicted molar refractivity (Wildman–Crippen MR) is 74.0 cm³/mol. The summed E-state index contributed by atoms with van der Waals surface area (Å²) < 4.78 is 25.2. The van der Waals surface area contributed by atoms with Gasteiger partial charge in [-0.1, -0.05) is 26.0 Å². The van der Waals surface area contributed by atoms with E-state index in [9.17, 15) is 8.42 Å². The smallest absolute Gasteiger partial charge is 0.183 e. The summed E-state index contributed by atoms with van der Waals surface area (Å²) in [6, 6.07) is 6.77. The van der Waals surface area contributed by atoms with Crippen LogP contribution in [0.1, 0.15) is 33.1 Å². The lowest BCUT2D eigenvalue weighted by atomic mass is 9.83. The zero-order chi connectivity index (χ0) is 13.3. The lowest BCUT2D eigenvalue weighted by Crippen LogP contribution is -2.31. The monoisotopic (exact) mass is 267 g/mol. The van der Waals surface area contributed by atoms with Crippen molar-refractivity contribution in [1.29, 1.82) is 0 Å². The number of nitrogens with two attached hydrogens (primary N) is 1. The van der Waals surface area contributed by atoms with Crippen molar-refractivity contribution in [3.8, 4) is 0 Å². The number of benzene rings is 1. The summed E-state index contributed by atoms with van der Waals surface area (Å²) in [4.78, 5) is 0.302. The summed E-state index contributed by atoms with van der Waals surface area (Å²) in [6.45, 7) is 4.26. The fourth-order valence-corrected chi connectivity index (χ4v) is 5.23.